The van der Waals surface area contributed by atoms with Gasteiger partial charge in [-0.3, -0.25) is 14.9 Å². The maximum Gasteiger partial charge on any atom is 0.323 e. The lowest BCUT2D eigenvalue weighted by molar-refractivity contribution is -0.385. The maximum atomic E-state index is 11.3. The van der Waals surface area contributed by atoms with Gasteiger partial charge in [0.15, 0.2) is 5.78 Å². The fourth-order valence-corrected chi connectivity index (χ4v) is 2.38. The van der Waals surface area contributed by atoms with Gasteiger partial charge in [0.25, 0.3) is 5.06 Å². The predicted molar refractivity (Wildman–Crippen MR) is 74.0 cm³/mol. The van der Waals surface area contributed by atoms with Crippen LogP contribution in [0.15, 0.2) is 30.3 Å². The number of methoxy groups -OCH3 is 1. The van der Waals surface area contributed by atoms with E-state index in [1.165, 1.54) is 13.0 Å². The van der Waals surface area contributed by atoms with E-state index >= 15 is 0 Å². The molecule has 0 amide bonds. The van der Waals surface area contributed by atoms with E-state index in [2.05, 4.69) is 0 Å². The first-order chi connectivity index (χ1) is 9.51. The number of hydrogen-bond donors (Lipinski definition) is 0. The number of nitrogens with zero attached hydrogens (tertiary/aromatic N) is 1. The number of nitro groups is 1. The van der Waals surface area contributed by atoms with Gasteiger partial charge in [0, 0.05) is 6.07 Å². The van der Waals surface area contributed by atoms with Crippen LogP contribution in [0.4, 0.5) is 5.69 Å². The standard InChI is InChI=1S/C13H11NO5S/c1-8(15)12-7-11(14(16)17)13(20-12)19-10-5-3-9(18-2)4-6-10/h3-7H,1-2H3. The zero-order chi connectivity index (χ0) is 14.7. The smallest absolute Gasteiger partial charge is 0.323 e. The molecule has 0 aliphatic carbocycles. The zero-order valence-electron chi connectivity index (χ0n) is 10.8. The number of rotatable bonds is 5. The average Bonchev–Trinajstić information content (AvgIpc) is 2.84. The Morgan fingerprint density at radius 1 is 1.25 bits per heavy atom. The summed E-state index contributed by atoms with van der Waals surface area (Å²) in [7, 11) is 1.54. The number of benzene rings is 1. The molecule has 0 radical (unpaired) electrons. The largest absolute Gasteiger partial charge is 0.497 e. The van der Waals surface area contributed by atoms with Crippen molar-refractivity contribution in [1.29, 1.82) is 0 Å². The molecule has 6 nitrogen and oxygen atoms in total. The van der Waals surface area contributed by atoms with Gasteiger partial charge in [0.05, 0.1) is 16.9 Å². The Morgan fingerprint density at radius 3 is 2.35 bits per heavy atom. The molecule has 0 saturated carbocycles. The molecule has 0 bridgehead atoms. The molecule has 0 atom stereocenters. The molecule has 0 N–H and O–H groups in total. The Kier molecular flexibility index (Phi) is 3.99. The van der Waals surface area contributed by atoms with Crippen molar-refractivity contribution in [3.63, 3.8) is 0 Å². The first-order valence-electron chi connectivity index (χ1n) is 5.62. The van der Waals surface area contributed by atoms with Gasteiger partial charge in [0.1, 0.15) is 11.5 Å². The highest BCUT2D eigenvalue weighted by molar-refractivity contribution is 7.16. The van der Waals surface area contributed by atoms with Crippen LogP contribution < -0.4 is 9.47 Å². The summed E-state index contributed by atoms with van der Waals surface area (Å²) in [5.74, 6) is 0.857. The van der Waals surface area contributed by atoms with E-state index in [9.17, 15) is 14.9 Å². The molecule has 0 spiro atoms. The van der Waals surface area contributed by atoms with E-state index in [0.29, 0.717) is 16.4 Å². The third kappa shape index (κ3) is 2.94. The molecule has 0 aliphatic rings. The van der Waals surface area contributed by atoms with Crippen LogP contribution in [0.2, 0.25) is 0 Å². The second-order valence-electron chi connectivity index (χ2n) is 3.87. The van der Waals surface area contributed by atoms with E-state index in [1.807, 2.05) is 0 Å². The summed E-state index contributed by atoms with van der Waals surface area (Å²) in [6.07, 6.45) is 0. The summed E-state index contributed by atoms with van der Waals surface area (Å²) < 4.78 is 10.5. The molecule has 1 aromatic carbocycles. The molecule has 20 heavy (non-hydrogen) atoms. The lowest BCUT2D eigenvalue weighted by Gasteiger charge is -2.04. The van der Waals surface area contributed by atoms with Gasteiger partial charge in [-0.1, -0.05) is 11.3 Å². The van der Waals surface area contributed by atoms with Crippen molar-refractivity contribution in [3.8, 4) is 16.6 Å². The van der Waals surface area contributed by atoms with E-state index < -0.39 is 4.92 Å². The summed E-state index contributed by atoms with van der Waals surface area (Å²) >= 11 is 0.956. The van der Waals surface area contributed by atoms with Crippen LogP contribution in [-0.2, 0) is 0 Å². The summed E-state index contributed by atoms with van der Waals surface area (Å²) in [6, 6.07) is 7.86. The average molecular weight is 293 g/mol. The van der Waals surface area contributed by atoms with Crippen molar-refractivity contribution in [2.24, 2.45) is 0 Å². The molecule has 0 fully saturated rings. The Bertz CT molecular complexity index is 647. The molecule has 104 valence electrons. The topological polar surface area (TPSA) is 78.7 Å². The maximum absolute atomic E-state index is 11.3. The summed E-state index contributed by atoms with van der Waals surface area (Å²) in [5, 5.41) is 11.0. The van der Waals surface area contributed by atoms with Gasteiger partial charge < -0.3 is 9.47 Å². The molecule has 7 heteroatoms. The van der Waals surface area contributed by atoms with Crippen LogP contribution in [0.1, 0.15) is 16.6 Å². The molecule has 0 saturated heterocycles. The van der Waals surface area contributed by atoms with Crippen molar-refractivity contribution in [3.05, 3.63) is 45.3 Å². The van der Waals surface area contributed by atoms with Crippen molar-refractivity contribution in [1.82, 2.24) is 0 Å². The van der Waals surface area contributed by atoms with E-state index in [4.69, 9.17) is 9.47 Å². The fraction of sp³-hybridized carbons (Fsp3) is 0.154. The van der Waals surface area contributed by atoms with Gasteiger partial charge in [-0.05, 0) is 31.2 Å². The third-order valence-electron chi connectivity index (χ3n) is 2.49. The van der Waals surface area contributed by atoms with Crippen LogP contribution in [-0.4, -0.2) is 17.8 Å². The van der Waals surface area contributed by atoms with Gasteiger partial charge in [0.2, 0.25) is 0 Å². The predicted octanol–water partition coefficient (Wildman–Crippen LogP) is 3.66. The third-order valence-corrected chi connectivity index (χ3v) is 3.60. The summed E-state index contributed by atoms with van der Waals surface area (Å²) in [4.78, 5) is 22.0. The first kappa shape index (κ1) is 14.0. The quantitative estimate of drug-likeness (QED) is 0.477. The Balaban J connectivity index is 2.31. The molecular weight excluding hydrogens is 282 g/mol. The monoisotopic (exact) mass is 293 g/mol. The van der Waals surface area contributed by atoms with Crippen LogP contribution in [0, 0.1) is 10.1 Å². The summed E-state index contributed by atoms with van der Waals surface area (Å²) in [6.45, 7) is 1.35. The van der Waals surface area contributed by atoms with Crippen molar-refractivity contribution in [2.75, 3.05) is 7.11 Å². The van der Waals surface area contributed by atoms with Crippen LogP contribution in [0.5, 0.6) is 16.6 Å². The second kappa shape index (κ2) is 5.70. The van der Waals surface area contributed by atoms with Gasteiger partial charge in [-0.2, -0.15) is 0 Å². The van der Waals surface area contributed by atoms with Crippen molar-refractivity contribution >= 4 is 22.8 Å². The highest BCUT2D eigenvalue weighted by atomic mass is 32.1. The molecule has 0 unspecified atom stereocenters. The van der Waals surface area contributed by atoms with Crippen molar-refractivity contribution in [2.45, 2.75) is 6.92 Å². The molecule has 2 rings (SSSR count). The SMILES string of the molecule is COc1ccc(Oc2sc(C(C)=O)cc2[N+](=O)[O-])cc1. The number of thiophene rings is 1. The minimum atomic E-state index is -0.568. The highest BCUT2D eigenvalue weighted by Gasteiger charge is 2.22. The number of Topliss-reactive ketones (excluding diaryl/α,β-unsaturated/α-hetero) is 1. The lowest BCUT2D eigenvalue weighted by Crippen LogP contribution is -1.89. The number of ether oxygens (including phenoxy) is 2. The van der Waals surface area contributed by atoms with E-state index in [0.717, 1.165) is 11.3 Å². The first-order valence-corrected chi connectivity index (χ1v) is 6.44. The van der Waals surface area contributed by atoms with E-state index in [-0.39, 0.29) is 16.5 Å². The Morgan fingerprint density at radius 2 is 1.85 bits per heavy atom. The molecule has 2 aromatic rings. The zero-order valence-corrected chi connectivity index (χ0v) is 11.6. The minimum Gasteiger partial charge on any atom is -0.497 e. The van der Waals surface area contributed by atoms with Gasteiger partial charge in [-0.25, -0.2) is 0 Å². The number of hydrogen-bond acceptors (Lipinski definition) is 6. The van der Waals surface area contributed by atoms with Crippen LogP contribution in [0.25, 0.3) is 0 Å². The molecule has 1 heterocycles. The highest BCUT2D eigenvalue weighted by Crippen LogP contribution is 2.40. The van der Waals surface area contributed by atoms with Crippen molar-refractivity contribution < 1.29 is 19.2 Å². The second-order valence-corrected chi connectivity index (χ2v) is 4.89. The lowest BCUT2D eigenvalue weighted by atomic mass is 10.3. The number of carbonyl (C=O) groups is 1. The minimum absolute atomic E-state index is 0.0883. The van der Waals surface area contributed by atoms with Crippen LogP contribution >= 0.6 is 11.3 Å². The Labute approximate surface area is 118 Å². The Hall–Kier alpha value is -2.41. The van der Waals surface area contributed by atoms with Gasteiger partial charge in [-0.15, -0.1) is 0 Å². The fourth-order valence-electron chi connectivity index (χ4n) is 1.49. The normalized spacial score (nSPS) is 10.1. The summed E-state index contributed by atoms with van der Waals surface area (Å²) in [5.41, 5.74) is -0.212. The van der Waals surface area contributed by atoms with E-state index in [1.54, 1.807) is 31.4 Å². The number of ketones is 1. The molecule has 1 aromatic heterocycles. The molecule has 0 aliphatic heterocycles. The van der Waals surface area contributed by atoms with Crippen LogP contribution in [0.3, 0.4) is 0 Å². The van der Waals surface area contributed by atoms with Gasteiger partial charge >= 0.3 is 5.69 Å². The number of carbonyl (C=O) groups excluding carboxylic acids is 1. The molecular formula is C13H11NO5S.